The lowest BCUT2D eigenvalue weighted by molar-refractivity contribution is -0.150. The van der Waals surface area contributed by atoms with Crippen molar-refractivity contribution in [3.05, 3.63) is 35.9 Å². The molecule has 3 nitrogen and oxygen atoms in total. The van der Waals surface area contributed by atoms with Gasteiger partial charge in [0.2, 0.25) is 0 Å². The fourth-order valence-electron chi connectivity index (χ4n) is 2.49. The van der Waals surface area contributed by atoms with Gasteiger partial charge in [0.15, 0.2) is 0 Å². The Morgan fingerprint density at radius 2 is 2.00 bits per heavy atom. The molecule has 0 saturated heterocycles. The Kier molecular flexibility index (Phi) is 3.48. The highest BCUT2D eigenvalue weighted by Crippen LogP contribution is 2.48. The smallest absolute Gasteiger partial charge is 0.311 e. The zero-order valence-corrected chi connectivity index (χ0v) is 9.93. The van der Waals surface area contributed by atoms with Crippen LogP contribution in [0, 0.1) is 11.3 Å². The molecule has 3 N–H and O–H groups in total. The van der Waals surface area contributed by atoms with Crippen LogP contribution in [-0.2, 0) is 11.2 Å². The molecular weight excluding hydrogens is 214 g/mol. The van der Waals surface area contributed by atoms with Crippen LogP contribution in [0.5, 0.6) is 0 Å². The normalized spacial score (nSPS) is 18.6. The molecule has 1 fully saturated rings. The molecular formula is C14H19NO2. The summed E-state index contributed by atoms with van der Waals surface area (Å²) < 4.78 is 0. The summed E-state index contributed by atoms with van der Waals surface area (Å²) in [5.74, 6) is -0.438. The Labute approximate surface area is 102 Å². The van der Waals surface area contributed by atoms with E-state index in [1.807, 2.05) is 30.3 Å². The third-order valence-corrected chi connectivity index (χ3v) is 3.85. The highest BCUT2D eigenvalue weighted by atomic mass is 16.4. The van der Waals surface area contributed by atoms with Gasteiger partial charge in [-0.15, -0.1) is 0 Å². The quantitative estimate of drug-likeness (QED) is 0.790. The maximum absolute atomic E-state index is 11.5. The molecule has 0 amide bonds. The summed E-state index contributed by atoms with van der Waals surface area (Å²) in [4.78, 5) is 11.5. The lowest BCUT2D eigenvalue weighted by atomic mass is 9.77. The van der Waals surface area contributed by atoms with Crippen LogP contribution in [0.2, 0.25) is 0 Å². The monoisotopic (exact) mass is 233 g/mol. The number of aryl methyl sites for hydroxylation is 1. The van der Waals surface area contributed by atoms with Crippen LogP contribution < -0.4 is 5.73 Å². The first-order valence-electron chi connectivity index (χ1n) is 6.16. The van der Waals surface area contributed by atoms with Gasteiger partial charge in [-0.05, 0) is 37.2 Å². The van der Waals surface area contributed by atoms with E-state index >= 15 is 0 Å². The molecule has 0 heterocycles. The molecule has 1 aromatic rings. The lowest BCUT2D eigenvalue weighted by Gasteiger charge is -2.27. The first-order chi connectivity index (χ1) is 8.19. The van der Waals surface area contributed by atoms with Crippen LogP contribution in [0.3, 0.4) is 0 Å². The Hall–Kier alpha value is -1.35. The van der Waals surface area contributed by atoms with Gasteiger partial charge in [0, 0.05) is 6.54 Å². The minimum absolute atomic E-state index is 0.250. The SMILES string of the molecule is NCC(CCc1ccccc1)(C(=O)O)C1CC1. The third-order valence-electron chi connectivity index (χ3n) is 3.85. The number of hydrogen-bond acceptors (Lipinski definition) is 2. The lowest BCUT2D eigenvalue weighted by Crippen LogP contribution is -2.41. The fraction of sp³-hybridized carbons (Fsp3) is 0.500. The average Bonchev–Trinajstić information content (AvgIpc) is 3.16. The van der Waals surface area contributed by atoms with Crippen molar-refractivity contribution in [2.45, 2.75) is 25.7 Å². The van der Waals surface area contributed by atoms with Gasteiger partial charge in [-0.25, -0.2) is 0 Å². The molecule has 0 bridgehead atoms. The summed E-state index contributed by atoms with van der Waals surface area (Å²) in [6, 6.07) is 10.0. The maximum Gasteiger partial charge on any atom is 0.311 e. The average molecular weight is 233 g/mol. The van der Waals surface area contributed by atoms with Gasteiger partial charge in [0.05, 0.1) is 5.41 Å². The molecule has 1 aliphatic rings. The second-order valence-electron chi connectivity index (χ2n) is 4.93. The molecule has 0 aliphatic heterocycles. The van der Waals surface area contributed by atoms with E-state index in [9.17, 15) is 9.90 Å². The molecule has 92 valence electrons. The molecule has 0 aromatic heterocycles. The van der Waals surface area contributed by atoms with Gasteiger partial charge in [-0.1, -0.05) is 30.3 Å². The predicted octanol–water partition coefficient (Wildman–Crippen LogP) is 2.06. The largest absolute Gasteiger partial charge is 0.481 e. The van der Waals surface area contributed by atoms with Crippen molar-refractivity contribution in [2.24, 2.45) is 17.1 Å². The maximum atomic E-state index is 11.5. The highest BCUT2D eigenvalue weighted by Gasteiger charge is 2.49. The molecule has 1 unspecified atom stereocenters. The zero-order chi connectivity index (χ0) is 12.3. The van der Waals surface area contributed by atoms with Gasteiger partial charge in [0.25, 0.3) is 0 Å². The van der Waals surface area contributed by atoms with Gasteiger partial charge in [-0.2, -0.15) is 0 Å². The first kappa shape index (κ1) is 12.1. The number of carbonyl (C=O) groups is 1. The number of carboxylic acid groups (broad SMARTS) is 1. The summed E-state index contributed by atoms with van der Waals surface area (Å²) in [6.07, 6.45) is 3.46. The van der Waals surface area contributed by atoms with Crippen molar-refractivity contribution >= 4 is 5.97 Å². The van der Waals surface area contributed by atoms with Crippen molar-refractivity contribution in [2.75, 3.05) is 6.54 Å². The van der Waals surface area contributed by atoms with Crippen molar-refractivity contribution in [1.29, 1.82) is 0 Å². The predicted molar refractivity (Wildman–Crippen MR) is 66.6 cm³/mol. The fourth-order valence-corrected chi connectivity index (χ4v) is 2.49. The summed E-state index contributed by atoms with van der Waals surface area (Å²) in [6.45, 7) is 0.250. The molecule has 1 aromatic carbocycles. The molecule has 1 atom stereocenters. The van der Waals surface area contributed by atoms with Gasteiger partial charge < -0.3 is 10.8 Å². The molecule has 3 heteroatoms. The van der Waals surface area contributed by atoms with E-state index < -0.39 is 11.4 Å². The van der Waals surface area contributed by atoms with E-state index in [1.54, 1.807) is 0 Å². The summed E-state index contributed by atoms with van der Waals surface area (Å²) in [5, 5.41) is 9.43. The molecule has 1 saturated carbocycles. The van der Waals surface area contributed by atoms with Crippen LogP contribution in [0.25, 0.3) is 0 Å². The second-order valence-corrected chi connectivity index (χ2v) is 4.93. The Balaban J connectivity index is 2.06. The number of hydrogen-bond donors (Lipinski definition) is 2. The third kappa shape index (κ3) is 2.50. The van der Waals surface area contributed by atoms with Crippen LogP contribution in [-0.4, -0.2) is 17.6 Å². The topological polar surface area (TPSA) is 63.3 Å². The van der Waals surface area contributed by atoms with Crippen molar-refractivity contribution < 1.29 is 9.90 Å². The van der Waals surface area contributed by atoms with Crippen LogP contribution in [0.1, 0.15) is 24.8 Å². The molecule has 1 aliphatic carbocycles. The van der Waals surface area contributed by atoms with Gasteiger partial charge in [0.1, 0.15) is 0 Å². The molecule has 0 radical (unpaired) electrons. The number of benzene rings is 1. The van der Waals surface area contributed by atoms with E-state index in [0.29, 0.717) is 6.42 Å². The molecule has 2 rings (SSSR count). The van der Waals surface area contributed by atoms with E-state index in [2.05, 4.69) is 0 Å². The Bertz CT molecular complexity index is 386. The second kappa shape index (κ2) is 4.88. The summed E-state index contributed by atoms with van der Waals surface area (Å²) in [7, 11) is 0. The van der Waals surface area contributed by atoms with Gasteiger partial charge in [-0.3, -0.25) is 4.79 Å². The minimum atomic E-state index is -0.724. The Morgan fingerprint density at radius 3 is 2.47 bits per heavy atom. The Morgan fingerprint density at radius 1 is 1.35 bits per heavy atom. The van der Waals surface area contributed by atoms with E-state index in [4.69, 9.17) is 5.73 Å². The van der Waals surface area contributed by atoms with Crippen molar-refractivity contribution in [3.8, 4) is 0 Å². The van der Waals surface area contributed by atoms with E-state index in [0.717, 1.165) is 19.3 Å². The van der Waals surface area contributed by atoms with Crippen LogP contribution in [0.4, 0.5) is 0 Å². The summed E-state index contributed by atoms with van der Waals surface area (Å²) in [5.41, 5.74) is 6.22. The van der Waals surface area contributed by atoms with E-state index in [-0.39, 0.29) is 12.5 Å². The molecule has 0 spiro atoms. The highest BCUT2D eigenvalue weighted by molar-refractivity contribution is 5.76. The molecule has 17 heavy (non-hydrogen) atoms. The zero-order valence-electron chi connectivity index (χ0n) is 9.93. The standard InChI is InChI=1S/C14H19NO2/c15-10-14(13(16)17,12-6-7-12)9-8-11-4-2-1-3-5-11/h1-5,12H,6-10,15H2,(H,16,17). The minimum Gasteiger partial charge on any atom is -0.481 e. The number of nitrogens with two attached hydrogens (primary N) is 1. The number of rotatable bonds is 6. The number of carboxylic acids is 1. The van der Waals surface area contributed by atoms with Crippen LogP contribution >= 0.6 is 0 Å². The van der Waals surface area contributed by atoms with Gasteiger partial charge >= 0.3 is 5.97 Å². The van der Waals surface area contributed by atoms with Crippen molar-refractivity contribution in [1.82, 2.24) is 0 Å². The van der Waals surface area contributed by atoms with E-state index in [1.165, 1.54) is 5.56 Å². The first-order valence-corrected chi connectivity index (χ1v) is 6.16. The van der Waals surface area contributed by atoms with Crippen LogP contribution in [0.15, 0.2) is 30.3 Å². The number of aliphatic carboxylic acids is 1. The van der Waals surface area contributed by atoms with Crippen molar-refractivity contribution in [3.63, 3.8) is 0 Å². The summed E-state index contributed by atoms with van der Waals surface area (Å²) >= 11 is 0.